The molecule has 0 radical (unpaired) electrons. The molecular weight excluding hydrogens is 176 g/mol. The van der Waals surface area contributed by atoms with Gasteiger partial charge in [0, 0.05) is 18.4 Å². The van der Waals surface area contributed by atoms with Crippen molar-refractivity contribution in [2.75, 3.05) is 6.61 Å². The molecule has 14 heavy (non-hydrogen) atoms. The Labute approximate surface area is 86.0 Å². The second kappa shape index (κ2) is 3.85. The zero-order chi connectivity index (χ0) is 10.8. The molecule has 1 aliphatic rings. The molecule has 1 fully saturated rings. The first-order chi connectivity index (χ1) is 6.46. The van der Waals surface area contributed by atoms with Crippen LogP contribution in [0.25, 0.3) is 0 Å². The molecule has 1 unspecified atom stereocenters. The summed E-state index contributed by atoms with van der Waals surface area (Å²) in [5.74, 6) is 0.302. The highest BCUT2D eigenvalue weighted by molar-refractivity contribution is 5.88. The van der Waals surface area contributed by atoms with E-state index in [9.17, 15) is 4.79 Å². The van der Waals surface area contributed by atoms with Crippen LogP contribution in [0.4, 0.5) is 0 Å². The van der Waals surface area contributed by atoms with E-state index in [1.165, 1.54) is 0 Å². The Morgan fingerprint density at radius 3 is 2.57 bits per heavy atom. The zero-order valence-corrected chi connectivity index (χ0v) is 9.18. The SMILES string of the molecule is C=CCC1(CCO)CC(C)(C)CC1=O. The lowest BCUT2D eigenvalue weighted by molar-refractivity contribution is -0.126. The quantitative estimate of drug-likeness (QED) is 0.701. The first-order valence-electron chi connectivity index (χ1n) is 5.21. The van der Waals surface area contributed by atoms with E-state index in [0.29, 0.717) is 25.0 Å². The molecule has 1 aliphatic carbocycles. The molecule has 2 nitrogen and oxygen atoms in total. The summed E-state index contributed by atoms with van der Waals surface area (Å²) in [4.78, 5) is 11.9. The molecule has 0 spiro atoms. The van der Waals surface area contributed by atoms with Crippen LogP contribution in [0.15, 0.2) is 12.7 Å². The van der Waals surface area contributed by atoms with E-state index in [1.807, 2.05) is 0 Å². The second-order valence-corrected chi connectivity index (χ2v) is 5.19. The minimum Gasteiger partial charge on any atom is -0.396 e. The summed E-state index contributed by atoms with van der Waals surface area (Å²) in [5.41, 5.74) is -0.227. The zero-order valence-electron chi connectivity index (χ0n) is 9.18. The fraction of sp³-hybridized carbons (Fsp3) is 0.750. The summed E-state index contributed by atoms with van der Waals surface area (Å²) < 4.78 is 0. The molecule has 0 aromatic carbocycles. The van der Waals surface area contributed by atoms with E-state index in [2.05, 4.69) is 20.4 Å². The number of hydrogen-bond donors (Lipinski definition) is 1. The number of allylic oxidation sites excluding steroid dienone is 1. The fourth-order valence-corrected chi connectivity index (χ4v) is 2.71. The van der Waals surface area contributed by atoms with Crippen LogP contribution in [0.3, 0.4) is 0 Å². The van der Waals surface area contributed by atoms with Crippen LogP contribution in [0.5, 0.6) is 0 Å². The molecule has 0 amide bonds. The van der Waals surface area contributed by atoms with Gasteiger partial charge in [-0.1, -0.05) is 19.9 Å². The fourth-order valence-electron chi connectivity index (χ4n) is 2.71. The van der Waals surface area contributed by atoms with E-state index >= 15 is 0 Å². The normalized spacial score (nSPS) is 30.6. The molecular formula is C12H20O2. The molecule has 80 valence electrons. The van der Waals surface area contributed by atoms with Crippen LogP contribution in [0.1, 0.15) is 39.5 Å². The van der Waals surface area contributed by atoms with Crippen molar-refractivity contribution in [3.05, 3.63) is 12.7 Å². The summed E-state index contributed by atoms with van der Waals surface area (Å²) in [6.07, 6.45) is 4.61. The minimum atomic E-state index is -0.319. The van der Waals surface area contributed by atoms with Crippen molar-refractivity contribution in [3.8, 4) is 0 Å². The Hall–Kier alpha value is -0.630. The maximum atomic E-state index is 11.9. The van der Waals surface area contributed by atoms with Crippen LogP contribution < -0.4 is 0 Å². The number of aliphatic hydroxyl groups is 1. The molecule has 1 N–H and O–H groups in total. The predicted molar refractivity (Wildman–Crippen MR) is 57.0 cm³/mol. The lowest BCUT2D eigenvalue weighted by atomic mass is 9.76. The Bertz CT molecular complexity index is 243. The van der Waals surface area contributed by atoms with Gasteiger partial charge in [-0.2, -0.15) is 0 Å². The Morgan fingerprint density at radius 1 is 1.57 bits per heavy atom. The first kappa shape index (κ1) is 11.4. The predicted octanol–water partition coefficient (Wildman–Crippen LogP) is 2.32. The van der Waals surface area contributed by atoms with Gasteiger partial charge < -0.3 is 5.11 Å². The van der Waals surface area contributed by atoms with Gasteiger partial charge >= 0.3 is 0 Å². The van der Waals surface area contributed by atoms with Crippen LogP contribution in [-0.2, 0) is 4.79 Å². The van der Waals surface area contributed by atoms with Gasteiger partial charge in [-0.15, -0.1) is 6.58 Å². The monoisotopic (exact) mass is 196 g/mol. The standard InChI is InChI=1S/C12H20O2/c1-4-5-12(6-7-13)9-11(2,3)8-10(12)14/h4,13H,1,5-9H2,2-3H3. The average Bonchev–Trinajstić information content (AvgIpc) is 2.23. The molecule has 1 saturated carbocycles. The number of Topliss-reactive ketones (excluding diaryl/α,β-unsaturated/α-hetero) is 1. The third kappa shape index (κ3) is 2.06. The van der Waals surface area contributed by atoms with E-state index in [1.54, 1.807) is 6.08 Å². The minimum absolute atomic E-state index is 0.0925. The molecule has 0 heterocycles. The van der Waals surface area contributed by atoms with Crippen molar-refractivity contribution in [2.24, 2.45) is 10.8 Å². The molecule has 0 aliphatic heterocycles. The Morgan fingerprint density at radius 2 is 2.21 bits per heavy atom. The molecule has 0 saturated heterocycles. The van der Waals surface area contributed by atoms with Crippen molar-refractivity contribution in [1.82, 2.24) is 0 Å². The Kier molecular flexibility index (Phi) is 3.15. The first-order valence-corrected chi connectivity index (χ1v) is 5.21. The van der Waals surface area contributed by atoms with Gasteiger partial charge in [0.1, 0.15) is 5.78 Å². The number of aliphatic hydroxyl groups excluding tert-OH is 1. The molecule has 1 rings (SSSR count). The molecule has 0 aromatic heterocycles. The number of rotatable bonds is 4. The highest BCUT2D eigenvalue weighted by Gasteiger charge is 2.48. The van der Waals surface area contributed by atoms with E-state index < -0.39 is 0 Å². The second-order valence-electron chi connectivity index (χ2n) is 5.19. The third-order valence-electron chi connectivity index (χ3n) is 3.17. The van der Waals surface area contributed by atoms with Crippen LogP contribution >= 0.6 is 0 Å². The summed E-state index contributed by atoms with van der Waals surface area (Å²) in [7, 11) is 0. The van der Waals surface area contributed by atoms with Gasteiger partial charge in [0.2, 0.25) is 0 Å². The van der Waals surface area contributed by atoms with Gasteiger partial charge in [0.15, 0.2) is 0 Å². The molecule has 0 bridgehead atoms. The van der Waals surface area contributed by atoms with Crippen molar-refractivity contribution in [1.29, 1.82) is 0 Å². The van der Waals surface area contributed by atoms with Gasteiger partial charge in [-0.05, 0) is 24.7 Å². The van der Waals surface area contributed by atoms with Gasteiger partial charge in [0.25, 0.3) is 0 Å². The molecule has 2 heteroatoms. The van der Waals surface area contributed by atoms with Crippen LogP contribution in [0.2, 0.25) is 0 Å². The van der Waals surface area contributed by atoms with E-state index in [4.69, 9.17) is 5.11 Å². The topological polar surface area (TPSA) is 37.3 Å². The van der Waals surface area contributed by atoms with E-state index in [-0.39, 0.29) is 17.4 Å². The van der Waals surface area contributed by atoms with Crippen LogP contribution in [0, 0.1) is 10.8 Å². The summed E-state index contributed by atoms with van der Waals surface area (Å²) >= 11 is 0. The maximum Gasteiger partial charge on any atom is 0.139 e. The van der Waals surface area contributed by atoms with Crippen molar-refractivity contribution < 1.29 is 9.90 Å². The third-order valence-corrected chi connectivity index (χ3v) is 3.17. The smallest absolute Gasteiger partial charge is 0.139 e. The highest BCUT2D eigenvalue weighted by Crippen LogP contribution is 2.50. The number of ketones is 1. The van der Waals surface area contributed by atoms with Crippen molar-refractivity contribution in [3.63, 3.8) is 0 Å². The average molecular weight is 196 g/mol. The summed E-state index contributed by atoms with van der Waals surface area (Å²) in [5, 5.41) is 9.02. The van der Waals surface area contributed by atoms with Gasteiger partial charge in [-0.25, -0.2) is 0 Å². The Balaban J connectivity index is 2.87. The van der Waals surface area contributed by atoms with Gasteiger partial charge in [-0.3, -0.25) is 4.79 Å². The maximum absolute atomic E-state index is 11.9. The molecule has 0 aromatic rings. The largest absolute Gasteiger partial charge is 0.396 e. The summed E-state index contributed by atoms with van der Waals surface area (Å²) in [6.45, 7) is 8.03. The lowest BCUT2D eigenvalue weighted by Crippen LogP contribution is -2.26. The highest BCUT2D eigenvalue weighted by atomic mass is 16.3. The number of carbonyl (C=O) groups is 1. The molecule has 1 atom stereocenters. The van der Waals surface area contributed by atoms with Crippen LogP contribution in [-0.4, -0.2) is 17.5 Å². The summed E-state index contributed by atoms with van der Waals surface area (Å²) in [6, 6.07) is 0. The number of hydrogen-bond acceptors (Lipinski definition) is 2. The lowest BCUT2D eigenvalue weighted by Gasteiger charge is -2.27. The van der Waals surface area contributed by atoms with E-state index in [0.717, 1.165) is 6.42 Å². The number of carbonyl (C=O) groups excluding carboxylic acids is 1. The van der Waals surface area contributed by atoms with Gasteiger partial charge in [0.05, 0.1) is 0 Å². The van der Waals surface area contributed by atoms with Crippen molar-refractivity contribution in [2.45, 2.75) is 39.5 Å². The van der Waals surface area contributed by atoms with Crippen molar-refractivity contribution >= 4 is 5.78 Å².